The van der Waals surface area contributed by atoms with Crippen molar-refractivity contribution in [3.8, 4) is 0 Å². The number of esters is 1. The fraction of sp³-hybridized carbons (Fsp3) is 0.364. The Balaban J connectivity index is 3.00. The van der Waals surface area contributed by atoms with Gasteiger partial charge < -0.3 is 10.5 Å². The Morgan fingerprint density at radius 3 is 2.53 bits per heavy atom. The van der Waals surface area contributed by atoms with Crippen molar-refractivity contribution in [3.63, 3.8) is 0 Å². The molecule has 1 rings (SSSR count). The van der Waals surface area contributed by atoms with Gasteiger partial charge in [0.05, 0.1) is 6.61 Å². The smallest absolute Gasteiger partial charge is 0.349 e. The van der Waals surface area contributed by atoms with E-state index in [0.29, 0.717) is 0 Å². The molecule has 0 aliphatic rings. The largest absolute Gasteiger partial charge is 0.463 e. The molecular weight excluding hydrogens is 197 g/mol. The van der Waals surface area contributed by atoms with Crippen LogP contribution in [0.1, 0.15) is 12.5 Å². The first kappa shape index (κ1) is 11.7. The number of halogens is 1. The van der Waals surface area contributed by atoms with E-state index in [1.807, 2.05) is 0 Å². The molecule has 0 saturated carbocycles. The van der Waals surface area contributed by atoms with Crippen molar-refractivity contribution < 1.29 is 13.9 Å². The van der Waals surface area contributed by atoms with Crippen molar-refractivity contribution in [3.05, 3.63) is 35.9 Å². The quantitative estimate of drug-likeness (QED) is 0.765. The van der Waals surface area contributed by atoms with Crippen LogP contribution in [-0.2, 0) is 15.2 Å². The minimum Gasteiger partial charge on any atom is -0.463 e. The molecule has 1 aromatic carbocycles. The number of alkyl halides is 1. The molecule has 0 spiro atoms. The monoisotopic (exact) mass is 211 g/mol. The highest BCUT2D eigenvalue weighted by Gasteiger charge is 2.40. The van der Waals surface area contributed by atoms with Gasteiger partial charge in [0, 0.05) is 12.1 Å². The molecule has 15 heavy (non-hydrogen) atoms. The van der Waals surface area contributed by atoms with Gasteiger partial charge in [0.15, 0.2) is 0 Å². The summed E-state index contributed by atoms with van der Waals surface area (Å²) < 4.78 is 18.9. The summed E-state index contributed by atoms with van der Waals surface area (Å²) >= 11 is 0. The van der Waals surface area contributed by atoms with Gasteiger partial charge in [-0.05, 0) is 6.92 Å². The molecule has 0 fully saturated rings. The summed E-state index contributed by atoms with van der Waals surface area (Å²) in [6.07, 6.45) is 0. The zero-order chi connectivity index (χ0) is 11.3. The predicted molar refractivity (Wildman–Crippen MR) is 54.9 cm³/mol. The predicted octanol–water partition coefficient (Wildman–Crippen LogP) is 1.37. The lowest BCUT2D eigenvalue weighted by Crippen LogP contribution is -2.40. The van der Waals surface area contributed by atoms with E-state index in [1.54, 1.807) is 25.1 Å². The third kappa shape index (κ3) is 2.33. The van der Waals surface area contributed by atoms with Gasteiger partial charge in [-0.15, -0.1) is 0 Å². The van der Waals surface area contributed by atoms with Gasteiger partial charge >= 0.3 is 5.97 Å². The van der Waals surface area contributed by atoms with Gasteiger partial charge in [0.1, 0.15) is 0 Å². The first-order chi connectivity index (χ1) is 7.15. The first-order valence-electron chi connectivity index (χ1n) is 4.77. The minimum absolute atomic E-state index is 0.136. The number of benzene rings is 1. The highest BCUT2D eigenvalue weighted by Crippen LogP contribution is 2.26. The molecule has 2 N–H and O–H groups in total. The number of rotatable bonds is 4. The molecule has 4 heteroatoms. The second-order valence-electron chi connectivity index (χ2n) is 3.09. The first-order valence-corrected chi connectivity index (χ1v) is 4.77. The number of nitrogens with two attached hydrogens (primary N) is 1. The Kier molecular flexibility index (Phi) is 3.80. The number of hydrogen-bond acceptors (Lipinski definition) is 3. The van der Waals surface area contributed by atoms with E-state index in [0.717, 1.165) is 0 Å². The van der Waals surface area contributed by atoms with E-state index >= 15 is 0 Å². The molecule has 1 atom stereocenters. The fourth-order valence-electron chi connectivity index (χ4n) is 1.27. The van der Waals surface area contributed by atoms with Crippen molar-refractivity contribution in [2.45, 2.75) is 12.6 Å². The number of hydrogen-bond donors (Lipinski definition) is 1. The lowest BCUT2D eigenvalue weighted by molar-refractivity contribution is -0.157. The third-order valence-corrected chi connectivity index (χ3v) is 2.11. The molecule has 0 bridgehead atoms. The molecule has 0 aromatic heterocycles. The maximum atomic E-state index is 14.2. The maximum Gasteiger partial charge on any atom is 0.349 e. The Morgan fingerprint density at radius 1 is 1.47 bits per heavy atom. The minimum atomic E-state index is -2.24. The van der Waals surface area contributed by atoms with Gasteiger partial charge in [0.2, 0.25) is 5.67 Å². The van der Waals surface area contributed by atoms with Crippen LogP contribution in [0.2, 0.25) is 0 Å². The number of carbonyl (C=O) groups excluding carboxylic acids is 1. The van der Waals surface area contributed by atoms with E-state index < -0.39 is 18.2 Å². The second kappa shape index (κ2) is 4.89. The summed E-state index contributed by atoms with van der Waals surface area (Å²) in [5.74, 6) is -0.932. The number of ether oxygens (including phenoxy) is 1. The molecule has 0 aliphatic carbocycles. The van der Waals surface area contributed by atoms with Gasteiger partial charge in [-0.1, -0.05) is 30.3 Å². The molecular formula is C11H14FNO2. The van der Waals surface area contributed by atoms with Crippen LogP contribution in [0.4, 0.5) is 4.39 Å². The Bertz CT molecular complexity index is 329. The highest BCUT2D eigenvalue weighted by molar-refractivity contribution is 5.81. The molecule has 1 aromatic rings. The van der Waals surface area contributed by atoms with E-state index in [1.165, 1.54) is 12.1 Å². The topological polar surface area (TPSA) is 52.3 Å². The van der Waals surface area contributed by atoms with Crippen LogP contribution in [0.3, 0.4) is 0 Å². The van der Waals surface area contributed by atoms with Gasteiger partial charge in [-0.25, -0.2) is 9.18 Å². The summed E-state index contributed by atoms with van der Waals surface area (Å²) in [4.78, 5) is 11.4. The average Bonchev–Trinajstić information content (AvgIpc) is 2.29. The van der Waals surface area contributed by atoms with Crippen LogP contribution < -0.4 is 5.73 Å². The highest BCUT2D eigenvalue weighted by atomic mass is 19.1. The van der Waals surface area contributed by atoms with Crippen LogP contribution in [-0.4, -0.2) is 19.1 Å². The van der Waals surface area contributed by atoms with E-state index in [9.17, 15) is 9.18 Å². The average molecular weight is 211 g/mol. The zero-order valence-corrected chi connectivity index (χ0v) is 8.57. The SMILES string of the molecule is CCOC(=O)[C@@](F)(CN)c1ccccc1. The molecule has 82 valence electrons. The van der Waals surface area contributed by atoms with E-state index in [4.69, 9.17) is 5.73 Å². The summed E-state index contributed by atoms with van der Waals surface area (Å²) in [5, 5.41) is 0. The van der Waals surface area contributed by atoms with E-state index in [2.05, 4.69) is 4.74 Å². The third-order valence-electron chi connectivity index (χ3n) is 2.11. The van der Waals surface area contributed by atoms with Crippen LogP contribution in [0.25, 0.3) is 0 Å². The lowest BCUT2D eigenvalue weighted by atomic mass is 9.96. The molecule has 0 saturated heterocycles. The summed E-state index contributed by atoms with van der Waals surface area (Å²) in [6.45, 7) is 1.34. The molecule has 3 nitrogen and oxygen atoms in total. The summed E-state index contributed by atoms with van der Waals surface area (Å²) in [5.41, 5.74) is 3.28. The Hall–Kier alpha value is -1.42. The Labute approximate surface area is 88.0 Å². The van der Waals surface area contributed by atoms with Crippen LogP contribution in [0.15, 0.2) is 30.3 Å². The van der Waals surface area contributed by atoms with Gasteiger partial charge in [-0.2, -0.15) is 0 Å². The van der Waals surface area contributed by atoms with Crippen molar-refractivity contribution >= 4 is 5.97 Å². The summed E-state index contributed by atoms with van der Waals surface area (Å²) in [7, 11) is 0. The lowest BCUT2D eigenvalue weighted by Gasteiger charge is -2.21. The molecule has 0 heterocycles. The van der Waals surface area contributed by atoms with Gasteiger partial charge in [-0.3, -0.25) is 0 Å². The zero-order valence-electron chi connectivity index (χ0n) is 8.57. The van der Waals surface area contributed by atoms with E-state index in [-0.39, 0.29) is 12.2 Å². The molecule has 0 aliphatic heterocycles. The van der Waals surface area contributed by atoms with Crippen LogP contribution in [0.5, 0.6) is 0 Å². The molecule has 0 unspecified atom stereocenters. The fourth-order valence-corrected chi connectivity index (χ4v) is 1.27. The summed E-state index contributed by atoms with van der Waals surface area (Å²) in [6, 6.07) is 8.08. The maximum absolute atomic E-state index is 14.2. The standard InChI is InChI=1S/C11H14FNO2/c1-2-15-10(14)11(12,8-13)9-6-4-3-5-7-9/h3-7H,2,8,13H2,1H3/t11-/m1/s1. The number of carbonyl (C=O) groups is 1. The Morgan fingerprint density at radius 2 is 2.07 bits per heavy atom. The van der Waals surface area contributed by atoms with Crippen LogP contribution in [0, 0.1) is 0 Å². The van der Waals surface area contributed by atoms with Crippen molar-refractivity contribution in [1.82, 2.24) is 0 Å². The normalized spacial score (nSPS) is 14.3. The second-order valence-corrected chi connectivity index (χ2v) is 3.09. The molecule has 0 radical (unpaired) electrons. The molecule has 0 amide bonds. The van der Waals surface area contributed by atoms with Crippen LogP contribution >= 0.6 is 0 Å². The van der Waals surface area contributed by atoms with Gasteiger partial charge in [0.25, 0.3) is 0 Å². The van der Waals surface area contributed by atoms with Crippen molar-refractivity contribution in [2.24, 2.45) is 5.73 Å². The van der Waals surface area contributed by atoms with Crippen molar-refractivity contribution in [1.29, 1.82) is 0 Å². The van der Waals surface area contributed by atoms with Crippen molar-refractivity contribution in [2.75, 3.05) is 13.2 Å².